The largest absolute Gasteiger partial charge is 0.393 e. The van der Waals surface area contributed by atoms with Crippen LogP contribution in [0.5, 0.6) is 0 Å². The molecule has 0 heterocycles. The van der Waals surface area contributed by atoms with Crippen LogP contribution in [0.4, 0.5) is 0 Å². The normalized spacial score (nSPS) is 49.5. The number of carbonyl (C=O) groups is 1. The second kappa shape index (κ2) is 8.32. The van der Waals surface area contributed by atoms with Gasteiger partial charge in [0.25, 0.3) is 0 Å². The van der Waals surface area contributed by atoms with Crippen molar-refractivity contribution in [2.24, 2.45) is 28.6 Å². The smallest absolute Gasteiger partial charge is 0.187 e. The third-order valence-electron chi connectivity index (χ3n) is 10.6. The standard InChI is InChI=1S/C27H44O8/c1-14(17(28)7-8-23(2,3)33)15-6-9-26(34)16-10-21(32)27(35)13-19(30)18(29)11-25(27,5)22(16)20(31)12-24(15,26)4/h10,14-15,17-20,22,28-31,33-35H,6-9,11-13H2,1-5H3/t14-,15+,17+,18-,19+,20+,22+,24+,25+,26+,27+/m0/s1. The molecule has 4 rings (SSSR count). The Balaban J connectivity index is 1.71. The molecule has 4 aliphatic carbocycles. The summed E-state index contributed by atoms with van der Waals surface area (Å²) >= 11 is 0. The first-order valence-corrected chi connectivity index (χ1v) is 13.1. The van der Waals surface area contributed by atoms with Gasteiger partial charge in [0.1, 0.15) is 5.60 Å². The molecule has 7 N–H and O–H groups in total. The Morgan fingerprint density at radius 2 is 1.57 bits per heavy atom. The van der Waals surface area contributed by atoms with Crippen LogP contribution in [-0.4, -0.2) is 82.7 Å². The van der Waals surface area contributed by atoms with Crippen molar-refractivity contribution in [2.45, 2.75) is 121 Å². The molecule has 35 heavy (non-hydrogen) atoms. The van der Waals surface area contributed by atoms with Crippen LogP contribution in [0.3, 0.4) is 0 Å². The highest BCUT2D eigenvalue weighted by molar-refractivity contribution is 6.00. The molecule has 0 unspecified atom stereocenters. The number of aliphatic hydroxyl groups is 7. The SMILES string of the molecule is C[C@H]([C@H](O)CCC(C)(C)O)[C@H]1CC[C@@]2(O)C3=CC(=O)[C@]4(O)C[C@@H](O)[C@@H](O)C[C@]4(C)[C@H]3[C@H](O)C[C@]12C. The van der Waals surface area contributed by atoms with Gasteiger partial charge in [0, 0.05) is 23.2 Å². The fourth-order valence-corrected chi connectivity index (χ4v) is 8.38. The lowest BCUT2D eigenvalue weighted by Crippen LogP contribution is -2.71. The van der Waals surface area contributed by atoms with Gasteiger partial charge in [-0.3, -0.25) is 4.79 Å². The predicted octanol–water partition coefficient (Wildman–Crippen LogP) is 0.825. The molecule has 0 aromatic heterocycles. The molecule has 0 bridgehead atoms. The maximum absolute atomic E-state index is 13.3. The summed E-state index contributed by atoms with van der Waals surface area (Å²) in [6.07, 6.45) is -1.16. The van der Waals surface area contributed by atoms with Crippen molar-refractivity contribution in [3.05, 3.63) is 11.6 Å². The first-order valence-electron chi connectivity index (χ1n) is 13.1. The lowest BCUT2D eigenvalue weighted by molar-refractivity contribution is -0.222. The third kappa shape index (κ3) is 3.78. The zero-order chi connectivity index (χ0) is 26.4. The highest BCUT2D eigenvalue weighted by atomic mass is 16.3. The molecule has 4 aliphatic rings. The summed E-state index contributed by atoms with van der Waals surface area (Å²) in [5.74, 6) is -1.70. The van der Waals surface area contributed by atoms with E-state index in [4.69, 9.17) is 0 Å². The Morgan fingerprint density at radius 3 is 2.17 bits per heavy atom. The minimum atomic E-state index is -1.94. The van der Waals surface area contributed by atoms with Crippen molar-refractivity contribution in [1.82, 2.24) is 0 Å². The Kier molecular flexibility index (Phi) is 6.46. The van der Waals surface area contributed by atoms with E-state index in [1.807, 2.05) is 13.8 Å². The third-order valence-corrected chi connectivity index (χ3v) is 10.6. The molecule has 0 aliphatic heterocycles. The molecule has 0 amide bonds. The molecule has 3 saturated carbocycles. The molecule has 200 valence electrons. The minimum Gasteiger partial charge on any atom is -0.393 e. The quantitative estimate of drug-likeness (QED) is 0.295. The summed E-state index contributed by atoms with van der Waals surface area (Å²) < 4.78 is 0. The maximum Gasteiger partial charge on any atom is 0.187 e. The van der Waals surface area contributed by atoms with Gasteiger partial charge in [0.2, 0.25) is 0 Å². The van der Waals surface area contributed by atoms with E-state index in [1.165, 1.54) is 6.08 Å². The zero-order valence-corrected chi connectivity index (χ0v) is 21.6. The topological polar surface area (TPSA) is 159 Å². The monoisotopic (exact) mass is 496 g/mol. The fraction of sp³-hybridized carbons (Fsp3) is 0.889. The molecule has 0 spiro atoms. The molecule has 8 heteroatoms. The van der Waals surface area contributed by atoms with Crippen LogP contribution >= 0.6 is 0 Å². The van der Waals surface area contributed by atoms with Crippen LogP contribution in [0, 0.1) is 28.6 Å². The van der Waals surface area contributed by atoms with E-state index in [1.54, 1.807) is 20.8 Å². The lowest BCUT2D eigenvalue weighted by atomic mass is 9.43. The molecule has 8 nitrogen and oxygen atoms in total. The Morgan fingerprint density at radius 1 is 1.00 bits per heavy atom. The van der Waals surface area contributed by atoms with Gasteiger partial charge >= 0.3 is 0 Å². The molecular formula is C27H44O8. The number of ketones is 1. The van der Waals surface area contributed by atoms with E-state index in [9.17, 15) is 40.5 Å². The van der Waals surface area contributed by atoms with Gasteiger partial charge in [-0.25, -0.2) is 0 Å². The van der Waals surface area contributed by atoms with E-state index in [-0.39, 0.29) is 31.1 Å². The zero-order valence-electron chi connectivity index (χ0n) is 21.6. The van der Waals surface area contributed by atoms with Crippen molar-refractivity contribution >= 4 is 5.78 Å². The predicted molar refractivity (Wildman–Crippen MR) is 128 cm³/mol. The molecule has 0 radical (unpaired) electrons. The second-order valence-corrected chi connectivity index (χ2v) is 13.2. The van der Waals surface area contributed by atoms with Crippen molar-refractivity contribution < 1.29 is 40.5 Å². The number of aliphatic hydroxyl groups excluding tert-OH is 4. The first-order chi connectivity index (χ1) is 15.9. The van der Waals surface area contributed by atoms with Gasteiger partial charge in [-0.15, -0.1) is 0 Å². The van der Waals surface area contributed by atoms with Gasteiger partial charge < -0.3 is 35.7 Å². The highest BCUT2D eigenvalue weighted by Gasteiger charge is 2.72. The second-order valence-electron chi connectivity index (χ2n) is 13.2. The van der Waals surface area contributed by atoms with Gasteiger partial charge in [-0.05, 0) is 75.9 Å². The first kappa shape index (κ1) is 27.2. The summed E-state index contributed by atoms with van der Waals surface area (Å²) in [7, 11) is 0. The van der Waals surface area contributed by atoms with E-state index in [0.717, 1.165) is 0 Å². The van der Waals surface area contributed by atoms with Crippen molar-refractivity contribution in [3.63, 3.8) is 0 Å². The molecule has 0 aromatic carbocycles. The summed E-state index contributed by atoms with van der Waals surface area (Å²) in [4.78, 5) is 13.3. The highest BCUT2D eigenvalue weighted by Crippen LogP contribution is 2.68. The molecule has 3 fully saturated rings. The van der Waals surface area contributed by atoms with Crippen LogP contribution in [-0.2, 0) is 4.79 Å². The number of hydrogen-bond donors (Lipinski definition) is 7. The maximum atomic E-state index is 13.3. The molecule has 0 aromatic rings. The molecule has 0 saturated heterocycles. The van der Waals surface area contributed by atoms with E-state index in [2.05, 4.69) is 0 Å². The summed E-state index contributed by atoms with van der Waals surface area (Å²) in [6, 6.07) is 0. The summed E-state index contributed by atoms with van der Waals surface area (Å²) in [5.41, 5.74) is -5.91. The Hall–Kier alpha value is -0.870. The number of carbonyl (C=O) groups excluding carboxylic acids is 1. The number of rotatable bonds is 5. The Bertz CT molecular complexity index is 896. The van der Waals surface area contributed by atoms with Crippen LogP contribution in [0.1, 0.15) is 79.6 Å². The summed E-state index contributed by atoms with van der Waals surface area (Å²) in [6.45, 7) is 8.93. The average molecular weight is 497 g/mol. The van der Waals surface area contributed by atoms with Crippen molar-refractivity contribution in [2.75, 3.05) is 0 Å². The lowest BCUT2D eigenvalue weighted by Gasteiger charge is -2.63. The van der Waals surface area contributed by atoms with E-state index in [0.29, 0.717) is 31.3 Å². The van der Waals surface area contributed by atoms with Gasteiger partial charge in [0.15, 0.2) is 5.78 Å². The average Bonchev–Trinajstić information content (AvgIpc) is 2.99. The van der Waals surface area contributed by atoms with Crippen LogP contribution in [0.2, 0.25) is 0 Å². The minimum absolute atomic E-state index is 0.0717. The number of hydrogen-bond acceptors (Lipinski definition) is 8. The van der Waals surface area contributed by atoms with Gasteiger partial charge in [-0.2, -0.15) is 0 Å². The molecule has 11 atom stereocenters. The molecular weight excluding hydrogens is 452 g/mol. The van der Waals surface area contributed by atoms with Crippen LogP contribution in [0.15, 0.2) is 11.6 Å². The summed E-state index contributed by atoms with van der Waals surface area (Å²) in [5, 5.41) is 76.9. The van der Waals surface area contributed by atoms with Gasteiger partial charge in [0.05, 0.1) is 35.6 Å². The van der Waals surface area contributed by atoms with Crippen molar-refractivity contribution in [3.8, 4) is 0 Å². The van der Waals surface area contributed by atoms with Crippen LogP contribution < -0.4 is 0 Å². The van der Waals surface area contributed by atoms with Gasteiger partial charge in [-0.1, -0.05) is 20.8 Å². The van der Waals surface area contributed by atoms with E-state index < -0.39 is 63.8 Å². The number of fused-ring (bicyclic) bond motifs is 5. The van der Waals surface area contributed by atoms with E-state index >= 15 is 0 Å². The Labute approximate surface area is 207 Å². The van der Waals surface area contributed by atoms with Crippen LogP contribution in [0.25, 0.3) is 0 Å². The fourth-order valence-electron chi connectivity index (χ4n) is 8.38. The van der Waals surface area contributed by atoms with Crippen molar-refractivity contribution in [1.29, 1.82) is 0 Å².